The van der Waals surface area contributed by atoms with Gasteiger partial charge in [-0.25, -0.2) is 12.8 Å². The Labute approximate surface area is 236 Å². The first-order valence-electron chi connectivity index (χ1n) is 14.4. The van der Waals surface area contributed by atoms with E-state index in [0.29, 0.717) is 19.8 Å². The van der Waals surface area contributed by atoms with Gasteiger partial charge >= 0.3 is 0 Å². The summed E-state index contributed by atoms with van der Waals surface area (Å²) in [4.78, 5) is 2.51. The van der Waals surface area contributed by atoms with Gasteiger partial charge in [0.1, 0.15) is 17.8 Å². The molecular weight excluding hydrogens is 535 g/mol. The molecule has 0 amide bonds. The van der Waals surface area contributed by atoms with Crippen LogP contribution in [0, 0.1) is 31.5 Å². The van der Waals surface area contributed by atoms with Crippen molar-refractivity contribution in [3.63, 3.8) is 0 Å². The fraction of sp³-hybridized carbons (Fsp3) is 0.690. The van der Waals surface area contributed by atoms with Crippen molar-refractivity contribution < 1.29 is 26.8 Å². The molecule has 2 N–H and O–H groups in total. The van der Waals surface area contributed by atoms with Crippen molar-refractivity contribution in [2.75, 3.05) is 39.7 Å². The number of rotatable bonds is 6. The number of fused-ring (bicyclic) bond motifs is 3. The summed E-state index contributed by atoms with van der Waals surface area (Å²) >= 11 is 0. The number of sulfone groups is 1. The summed E-state index contributed by atoms with van der Waals surface area (Å²) in [5.74, 6) is 0.879. The standard InChI is InChI=1S/C29H41FN4O5S/c1-16-24(17(2)39-33-16)20-13-22-26(31-14-20)25-28(23(40(4,35)36)15-32-29(25)37-3)34(22)27(19-9-11-38-12-10-19)18-5-7-21(30)8-6-18/h5-8,19-20,22-23,25-29,31-32H,9-15H2,1-4H3/t20?,22?,23?,25?,26?,27-,28?,29?/m1/s1. The van der Waals surface area contributed by atoms with Crippen molar-refractivity contribution in [2.24, 2.45) is 11.8 Å². The minimum absolute atomic E-state index is 0.0199. The Morgan fingerprint density at radius 1 is 1.12 bits per heavy atom. The van der Waals surface area contributed by atoms with E-state index in [1.54, 1.807) is 7.11 Å². The lowest BCUT2D eigenvalue weighted by Crippen LogP contribution is -2.63. The second-order valence-corrected chi connectivity index (χ2v) is 14.3. The van der Waals surface area contributed by atoms with Gasteiger partial charge in [-0.2, -0.15) is 0 Å². The third-order valence-electron chi connectivity index (χ3n) is 9.87. The third-order valence-corrected chi connectivity index (χ3v) is 11.4. The highest BCUT2D eigenvalue weighted by Crippen LogP contribution is 2.51. The Balaban J connectivity index is 1.50. The van der Waals surface area contributed by atoms with E-state index >= 15 is 0 Å². The van der Waals surface area contributed by atoms with Crippen molar-refractivity contribution in [1.82, 2.24) is 20.7 Å². The molecule has 220 valence electrons. The van der Waals surface area contributed by atoms with Gasteiger partial charge in [0.25, 0.3) is 0 Å². The minimum atomic E-state index is -3.41. The molecule has 11 heteroatoms. The third kappa shape index (κ3) is 4.92. The zero-order valence-electron chi connectivity index (χ0n) is 23.7. The molecule has 1 aromatic carbocycles. The summed E-state index contributed by atoms with van der Waals surface area (Å²) in [6, 6.07) is 6.49. The molecule has 0 bridgehead atoms. The van der Waals surface area contributed by atoms with Crippen LogP contribution in [0.15, 0.2) is 28.8 Å². The Morgan fingerprint density at radius 2 is 1.85 bits per heavy atom. The molecule has 0 radical (unpaired) electrons. The quantitative estimate of drug-likeness (QED) is 0.537. The minimum Gasteiger partial charge on any atom is -0.381 e. The largest absolute Gasteiger partial charge is 0.381 e. The summed E-state index contributed by atoms with van der Waals surface area (Å²) in [7, 11) is -1.71. The van der Waals surface area contributed by atoms with Crippen molar-refractivity contribution in [3.05, 3.63) is 52.7 Å². The molecule has 9 nitrogen and oxygen atoms in total. The predicted octanol–water partition coefficient (Wildman–Crippen LogP) is 2.70. The first-order chi connectivity index (χ1) is 19.2. The number of likely N-dealkylation sites (tertiary alicyclic amines) is 1. The summed E-state index contributed by atoms with van der Waals surface area (Å²) in [5, 5.41) is 10.9. The maximum absolute atomic E-state index is 14.1. The van der Waals surface area contributed by atoms with Gasteiger partial charge in [0.15, 0.2) is 9.84 Å². The number of halogens is 1. The van der Waals surface area contributed by atoms with Gasteiger partial charge in [0.05, 0.1) is 10.9 Å². The lowest BCUT2D eigenvalue weighted by atomic mass is 9.80. The van der Waals surface area contributed by atoms with Crippen LogP contribution in [-0.2, 0) is 19.3 Å². The van der Waals surface area contributed by atoms with Crippen LogP contribution in [-0.4, -0.2) is 87.7 Å². The molecule has 8 atom stereocenters. The summed E-state index contributed by atoms with van der Waals surface area (Å²) in [6.07, 6.45) is 3.63. The van der Waals surface area contributed by atoms with Gasteiger partial charge in [-0.3, -0.25) is 10.2 Å². The van der Waals surface area contributed by atoms with Gasteiger partial charge in [-0.05, 0) is 56.7 Å². The number of hydrogen-bond donors (Lipinski definition) is 2. The van der Waals surface area contributed by atoms with E-state index in [1.807, 2.05) is 26.0 Å². The molecule has 1 aromatic heterocycles. The van der Waals surface area contributed by atoms with Gasteiger partial charge in [-0.15, -0.1) is 0 Å². The Bertz CT molecular complexity index is 1280. The molecule has 40 heavy (non-hydrogen) atoms. The number of hydrogen-bond acceptors (Lipinski definition) is 9. The van der Waals surface area contributed by atoms with Crippen LogP contribution in [0.4, 0.5) is 4.39 Å². The molecular formula is C29H41FN4O5S. The molecule has 4 fully saturated rings. The number of nitrogens with zero attached hydrogens (tertiary/aromatic N) is 2. The zero-order chi connectivity index (χ0) is 28.2. The number of benzene rings is 1. The maximum Gasteiger partial charge on any atom is 0.153 e. The lowest BCUT2D eigenvalue weighted by molar-refractivity contribution is -0.0343. The van der Waals surface area contributed by atoms with E-state index in [9.17, 15) is 12.8 Å². The molecule has 6 rings (SSSR count). The van der Waals surface area contributed by atoms with Crippen molar-refractivity contribution in [3.8, 4) is 0 Å². The van der Waals surface area contributed by atoms with Crippen LogP contribution < -0.4 is 10.6 Å². The smallest absolute Gasteiger partial charge is 0.153 e. The fourth-order valence-electron chi connectivity index (χ4n) is 8.27. The van der Waals surface area contributed by atoms with Crippen LogP contribution in [0.1, 0.15) is 53.8 Å². The number of methoxy groups -OCH3 is 1. The van der Waals surface area contributed by atoms with Crippen molar-refractivity contribution in [2.45, 2.75) is 74.7 Å². The van der Waals surface area contributed by atoms with Crippen LogP contribution >= 0.6 is 0 Å². The molecule has 4 aliphatic heterocycles. The predicted molar refractivity (Wildman–Crippen MR) is 148 cm³/mol. The average molecular weight is 577 g/mol. The number of aryl methyl sites for hydroxylation is 2. The van der Waals surface area contributed by atoms with Crippen molar-refractivity contribution in [1.29, 1.82) is 0 Å². The highest BCUT2D eigenvalue weighted by molar-refractivity contribution is 7.91. The lowest BCUT2D eigenvalue weighted by Gasteiger charge is -2.48. The molecule has 2 aromatic rings. The summed E-state index contributed by atoms with van der Waals surface area (Å²) < 4.78 is 58.2. The number of ether oxygens (including phenoxy) is 2. The molecule has 4 aliphatic rings. The maximum atomic E-state index is 14.1. The monoisotopic (exact) mass is 576 g/mol. The Morgan fingerprint density at radius 3 is 2.48 bits per heavy atom. The van der Waals surface area contributed by atoms with Crippen molar-refractivity contribution >= 4 is 9.84 Å². The number of aromatic nitrogens is 1. The van der Waals surface area contributed by atoms with Crippen LogP contribution in [0.25, 0.3) is 0 Å². The SMILES string of the molecule is COC1NCC(S(C)(=O)=O)C2C1C1NCC(c3c(C)noc3C)CC1N2[C@H](c1ccc(F)cc1)C1CCOCC1. The highest BCUT2D eigenvalue weighted by atomic mass is 32.2. The molecule has 0 saturated carbocycles. The van der Waals surface area contributed by atoms with Crippen LogP contribution in [0.5, 0.6) is 0 Å². The zero-order valence-corrected chi connectivity index (χ0v) is 24.5. The molecule has 0 aliphatic carbocycles. The van der Waals surface area contributed by atoms with E-state index in [1.165, 1.54) is 18.4 Å². The second kappa shape index (κ2) is 11.1. The number of piperidine rings is 2. The van der Waals surface area contributed by atoms with E-state index in [2.05, 4.69) is 20.7 Å². The van der Waals surface area contributed by atoms with E-state index in [0.717, 1.165) is 48.4 Å². The van der Waals surface area contributed by atoms with E-state index in [4.69, 9.17) is 14.0 Å². The first-order valence-corrected chi connectivity index (χ1v) is 16.4. The topological polar surface area (TPSA) is 106 Å². The summed E-state index contributed by atoms with van der Waals surface area (Å²) in [5.41, 5.74) is 3.05. The van der Waals surface area contributed by atoms with Crippen LogP contribution in [0.3, 0.4) is 0 Å². The van der Waals surface area contributed by atoms with Gasteiger partial charge in [0.2, 0.25) is 0 Å². The van der Waals surface area contributed by atoms with Crippen LogP contribution in [0.2, 0.25) is 0 Å². The fourth-order valence-corrected chi connectivity index (χ4v) is 9.50. The first kappa shape index (κ1) is 28.2. The normalized spacial score (nSPS) is 34.4. The average Bonchev–Trinajstić information content (AvgIpc) is 3.45. The summed E-state index contributed by atoms with van der Waals surface area (Å²) in [6.45, 7) is 6.34. The van der Waals surface area contributed by atoms with Gasteiger partial charge in [0, 0.05) is 81.2 Å². The Kier molecular flexibility index (Phi) is 7.82. The molecule has 7 unspecified atom stereocenters. The highest BCUT2D eigenvalue weighted by Gasteiger charge is 2.62. The van der Waals surface area contributed by atoms with Gasteiger partial charge < -0.3 is 19.3 Å². The van der Waals surface area contributed by atoms with Gasteiger partial charge in [-0.1, -0.05) is 17.3 Å². The Hall–Kier alpha value is -1.89. The molecule has 0 spiro atoms. The molecule has 4 saturated heterocycles. The number of nitrogens with one attached hydrogen (secondary N) is 2. The van der Waals surface area contributed by atoms with E-state index < -0.39 is 15.1 Å². The van der Waals surface area contributed by atoms with E-state index in [-0.39, 0.29) is 54.0 Å². The molecule has 5 heterocycles. The second-order valence-electron chi connectivity index (χ2n) is 12.1.